The monoisotopic (exact) mass is 870 g/mol. The molecule has 2 aliphatic carbocycles. The molecule has 1 fully saturated rings. The fraction of sp³-hybridized carbons (Fsp3) is 0.0909. The third-order valence-corrected chi connectivity index (χ3v) is 15.0. The maximum absolute atomic E-state index is 2.56. The number of nitrogens with zero attached hydrogens (tertiary/aromatic N) is 2. The Bertz CT molecular complexity index is 3650. The summed E-state index contributed by atoms with van der Waals surface area (Å²) in [6.07, 6.45) is 6.19. The van der Waals surface area contributed by atoms with Gasteiger partial charge in [0.05, 0.1) is 16.7 Å². The summed E-state index contributed by atoms with van der Waals surface area (Å²) in [4.78, 5) is 2.53. The molecule has 0 atom stereocenters. The van der Waals surface area contributed by atoms with Gasteiger partial charge in [0, 0.05) is 38.8 Å². The van der Waals surface area contributed by atoms with Crippen LogP contribution < -0.4 is 4.90 Å². The molecule has 0 N–H and O–H groups in total. The number of aromatic nitrogens is 1. The topological polar surface area (TPSA) is 8.17 Å². The summed E-state index contributed by atoms with van der Waals surface area (Å²) in [7, 11) is 0. The minimum atomic E-state index is 0.0284. The molecule has 2 nitrogen and oxygen atoms in total. The predicted molar refractivity (Wildman–Crippen MR) is 287 cm³/mol. The normalized spacial score (nSPS) is 13.7. The fourth-order valence-corrected chi connectivity index (χ4v) is 12.0. The highest BCUT2D eigenvalue weighted by Gasteiger charge is 2.44. The van der Waals surface area contributed by atoms with Gasteiger partial charge in [0.15, 0.2) is 0 Å². The van der Waals surface area contributed by atoms with Crippen LogP contribution in [0.25, 0.3) is 83.1 Å². The summed E-state index contributed by atoms with van der Waals surface area (Å²) in [6, 6.07) is 89.9. The van der Waals surface area contributed by atoms with Crippen molar-refractivity contribution >= 4 is 38.9 Å². The summed E-state index contributed by atoms with van der Waals surface area (Å²) in [6.45, 7) is 0. The zero-order valence-electron chi connectivity index (χ0n) is 38.0. The van der Waals surface area contributed by atoms with E-state index >= 15 is 0 Å². The van der Waals surface area contributed by atoms with Crippen LogP contribution in [0.1, 0.15) is 43.2 Å². The van der Waals surface area contributed by atoms with Crippen LogP contribution in [0.3, 0.4) is 0 Å². The van der Waals surface area contributed by atoms with Gasteiger partial charge in [-0.15, -0.1) is 0 Å². The molecule has 1 saturated carbocycles. The Morgan fingerprint density at radius 2 is 0.868 bits per heavy atom. The standard InChI is InChI=1S/C66H50N2/c1-4-21-46(22-5-1)51-25-8-9-26-53(51)54-27-10-11-28-55(54)58-30-13-16-34-62(58)67(50-41-42-57-56-29-12-15-33-60(56)66(61(57)45-50)43-18-3-19-44-66)49-39-37-47(38-40-49)52-32-20-36-64-65(52)59-31-14-17-35-63(59)68(64)48-23-6-2-7-24-48/h1-2,4-17,20-42,45H,3,18-19,43-44H2. The molecule has 2 aliphatic rings. The second kappa shape index (κ2) is 16.6. The zero-order valence-corrected chi connectivity index (χ0v) is 38.0. The molecule has 10 aromatic carbocycles. The molecule has 11 aromatic rings. The second-order valence-corrected chi connectivity index (χ2v) is 18.7. The van der Waals surface area contributed by atoms with E-state index in [1.807, 2.05) is 0 Å². The van der Waals surface area contributed by atoms with Gasteiger partial charge in [0.1, 0.15) is 0 Å². The first-order valence-electron chi connectivity index (χ1n) is 24.3. The van der Waals surface area contributed by atoms with Crippen molar-refractivity contribution in [1.82, 2.24) is 4.57 Å². The number of benzene rings is 10. The first kappa shape index (κ1) is 40.1. The Kier molecular flexibility index (Phi) is 9.79. The highest BCUT2D eigenvalue weighted by molar-refractivity contribution is 6.16. The Morgan fingerprint density at radius 1 is 0.338 bits per heavy atom. The molecule has 1 heterocycles. The van der Waals surface area contributed by atoms with Gasteiger partial charge in [-0.1, -0.05) is 207 Å². The van der Waals surface area contributed by atoms with Crippen LogP contribution in [0.2, 0.25) is 0 Å². The summed E-state index contributed by atoms with van der Waals surface area (Å²) < 4.78 is 2.41. The molecule has 1 spiro atoms. The van der Waals surface area contributed by atoms with E-state index in [2.05, 4.69) is 252 Å². The van der Waals surface area contributed by atoms with Crippen molar-refractivity contribution < 1.29 is 0 Å². The fourth-order valence-electron chi connectivity index (χ4n) is 12.0. The molecular formula is C66H50N2. The third-order valence-electron chi connectivity index (χ3n) is 15.0. The molecular weight excluding hydrogens is 821 g/mol. The minimum absolute atomic E-state index is 0.0284. The molecule has 13 rings (SSSR count). The van der Waals surface area contributed by atoms with Gasteiger partial charge in [-0.2, -0.15) is 0 Å². The smallest absolute Gasteiger partial charge is 0.0547 e. The van der Waals surface area contributed by atoms with Crippen LogP contribution in [0.5, 0.6) is 0 Å². The highest BCUT2D eigenvalue weighted by atomic mass is 15.1. The van der Waals surface area contributed by atoms with Gasteiger partial charge >= 0.3 is 0 Å². The molecule has 1 aromatic heterocycles. The average molecular weight is 871 g/mol. The molecule has 0 unspecified atom stereocenters. The maximum Gasteiger partial charge on any atom is 0.0547 e. The Morgan fingerprint density at radius 3 is 1.63 bits per heavy atom. The van der Waals surface area contributed by atoms with Crippen molar-refractivity contribution in [2.45, 2.75) is 37.5 Å². The lowest BCUT2D eigenvalue weighted by Crippen LogP contribution is -2.28. The molecule has 324 valence electrons. The van der Waals surface area contributed by atoms with E-state index < -0.39 is 0 Å². The van der Waals surface area contributed by atoms with E-state index in [1.165, 1.54) is 126 Å². The van der Waals surface area contributed by atoms with Gasteiger partial charge in [-0.25, -0.2) is 0 Å². The molecule has 0 bridgehead atoms. The van der Waals surface area contributed by atoms with E-state index in [9.17, 15) is 0 Å². The number of hydrogen-bond donors (Lipinski definition) is 0. The molecule has 2 heteroatoms. The van der Waals surface area contributed by atoms with Crippen molar-refractivity contribution in [3.8, 4) is 61.3 Å². The van der Waals surface area contributed by atoms with Gasteiger partial charge in [0.25, 0.3) is 0 Å². The van der Waals surface area contributed by atoms with Crippen molar-refractivity contribution in [3.63, 3.8) is 0 Å². The predicted octanol–water partition coefficient (Wildman–Crippen LogP) is 18.2. The van der Waals surface area contributed by atoms with E-state index in [0.29, 0.717) is 0 Å². The Labute approximate surface area is 399 Å². The molecule has 0 saturated heterocycles. The number of fused-ring (bicyclic) bond motifs is 8. The largest absolute Gasteiger partial charge is 0.310 e. The van der Waals surface area contributed by atoms with Crippen molar-refractivity contribution in [1.29, 1.82) is 0 Å². The number of rotatable bonds is 8. The van der Waals surface area contributed by atoms with Crippen LogP contribution >= 0.6 is 0 Å². The van der Waals surface area contributed by atoms with Crippen molar-refractivity contribution in [3.05, 3.63) is 254 Å². The zero-order chi connectivity index (χ0) is 45.0. The Hall–Kier alpha value is -8.20. The SMILES string of the molecule is c1ccc(-c2ccccc2-c2ccccc2-c2ccccc2N(c2ccc(-c3cccc4c3c3ccccc3n4-c3ccccc3)cc2)c2ccc3c(c2)C2(CCCCC2)c2ccccc2-3)cc1. The first-order valence-corrected chi connectivity index (χ1v) is 24.3. The molecule has 0 amide bonds. The Balaban J connectivity index is 1.00. The van der Waals surface area contributed by atoms with E-state index in [0.717, 1.165) is 17.1 Å². The lowest BCUT2D eigenvalue weighted by molar-refractivity contribution is 0.353. The van der Waals surface area contributed by atoms with Gasteiger partial charge in [0.2, 0.25) is 0 Å². The summed E-state index contributed by atoms with van der Waals surface area (Å²) in [5.41, 5.74) is 22.5. The first-order chi connectivity index (χ1) is 33.7. The van der Waals surface area contributed by atoms with Gasteiger partial charge in [-0.05, 0) is 129 Å². The van der Waals surface area contributed by atoms with E-state index in [4.69, 9.17) is 0 Å². The summed E-state index contributed by atoms with van der Waals surface area (Å²) in [5.74, 6) is 0. The number of para-hydroxylation sites is 3. The van der Waals surface area contributed by atoms with Crippen LogP contribution in [0, 0.1) is 0 Å². The van der Waals surface area contributed by atoms with Crippen LogP contribution in [0.15, 0.2) is 243 Å². The minimum Gasteiger partial charge on any atom is -0.310 e. The summed E-state index contributed by atoms with van der Waals surface area (Å²) >= 11 is 0. The lowest BCUT2D eigenvalue weighted by atomic mass is 9.68. The number of anilines is 3. The van der Waals surface area contributed by atoms with Gasteiger partial charge in [-0.3, -0.25) is 0 Å². The van der Waals surface area contributed by atoms with E-state index in [-0.39, 0.29) is 5.41 Å². The van der Waals surface area contributed by atoms with Crippen LogP contribution in [-0.2, 0) is 5.41 Å². The highest BCUT2D eigenvalue weighted by Crippen LogP contribution is 2.57. The van der Waals surface area contributed by atoms with Crippen LogP contribution in [0.4, 0.5) is 17.1 Å². The van der Waals surface area contributed by atoms with Crippen molar-refractivity contribution in [2.75, 3.05) is 4.90 Å². The quantitative estimate of drug-likeness (QED) is 0.148. The molecule has 68 heavy (non-hydrogen) atoms. The third kappa shape index (κ3) is 6.47. The maximum atomic E-state index is 2.56. The van der Waals surface area contributed by atoms with Crippen molar-refractivity contribution in [2.24, 2.45) is 0 Å². The molecule has 0 aliphatic heterocycles. The summed E-state index contributed by atoms with van der Waals surface area (Å²) in [5, 5.41) is 2.52. The van der Waals surface area contributed by atoms with E-state index in [1.54, 1.807) is 0 Å². The van der Waals surface area contributed by atoms with Crippen LogP contribution in [-0.4, -0.2) is 4.57 Å². The lowest BCUT2D eigenvalue weighted by Gasteiger charge is -2.37. The second-order valence-electron chi connectivity index (χ2n) is 18.7. The molecule has 0 radical (unpaired) electrons. The average Bonchev–Trinajstić information content (AvgIpc) is 3.89. The van der Waals surface area contributed by atoms with Gasteiger partial charge < -0.3 is 9.47 Å². The number of hydrogen-bond acceptors (Lipinski definition) is 1.